The lowest BCUT2D eigenvalue weighted by molar-refractivity contribution is 0.0844. The van der Waals surface area contributed by atoms with Gasteiger partial charge in [-0.3, -0.25) is 0 Å². The highest BCUT2D eigenvalue weighted by Gasteiger charge is 2.38. The molecule has 1 N–H and O–H groups in total. The van der Waals surface area contributed by atoms with Crippen LogP contribution in [-0.2, 0) is 6.54 Å². The van der Waals surface area contributed by atoms with E-state index in [1.165, 1.54) is 24.8 Å². The summed E-state index contributed by atoms with van der Waals surface area (Å²) >= 11 is 9.68. The average molecular weight is 359 g/mol. The summed E-state index contributed by atoms with van der Waals surface area (Å²) in [5, 5.41) is 4.53. The smallest absolute Gasteiger partial charge is 0.0410 e. The summed E-state index contributed by atoms with van der Waals surface area (Å²) in [6, 6.07) is 6.56. The van der Waals surface area contributed by atoms with Crippen LogP contribution in [0.15, 0.2) is 22.7 Å². The van der Waals surface area contributed by atoms with Gasteiger partial charge in [0.15, 0.2) is 0 Å². The molecule has 0 unspecified atom stereocenters. The summed E-state index contributed by atoms with van der Waals surface area (Å²) < 4.78 is 1.13. The van der Waals surface area contributed by atoms with Crippen LogP contribution in [-0.4, -0.2) is 6.04 Å². The largest absolute Gasteiger partial charge is 0.310 e. The van der Waals surface area contributed by atoms with Crippen LogP contribution in [0.4, 0.5) is 0 Å². The van der Waals surface area contributed by atoms with Gasteiger partial charge in [-0.25, -0.2) is 0 Å². The van der Waals surface area contributed by atoms with E-state index in [-0.39, 0.29) is 0 Å². The summed E-state index contributed by atoms with van der Waals surface area (Å²) in [5.74, 6) is 0. The highest BCUT2D eigenvalue weighted by Crippen LogP contribution is 2.45. The third-order valence-corrected chi connectivity index (χ3v) is 5.15. The number of hydrogen-bond acceptors (Lipinski definition) is 1. The van der Waals surface area contributed by atoms with E-state index in [0.717, 1.165) is 16.0 Å². The molecule has 0 saturated heterocycles. The van der Waals surface area contributed by atoms with Crippen LogP contribution in [0, 0.1) is 10.8 Å². The van der Waals surface area contributed by atoms with Crippen molar-refractivity contribution in [3.05, 3.63) is 33.3 Å². The highest BCUT2D eigenvalue weighted by atomic mass is 79.9. The van der Waals surface area contributed by atoms with Crippen molar-refractivity contribution in [3.8, 4) is 0 Å². The Balaban J connectivity index is 2.01. The third-order valence-electron chi connectivity index (χ3n) is 4.14. The first-order chi connectivity index (χ1) is 9.17. The lowest BCUT2D eigenvalue weighted by atomic mass is 9.63. The highest BCUT2D eigenvalue weighted by molar-refractivity contribution is 9.10. The number of benzene rings is 1. The van der Waals surface area contributed by atoms with Gasteiger partial charge in [0.1, 0.15) is 0 Å². The van der Waals surface area contributed by atoms with Gasteiger partial charge in [-0.1, -0.05) is 55.2 Å². The molecule has 1 aromatic carbocycles. The zero-order valence-electron chi connectivity index (χ0n) is 12.9. The average Bonchev–Trinajstić information content (AvgIpc) is 2.26. The first kappa shape index (κ1) is 16.3. The zero-order valence-corrected chi connectivity index (χ0v) is 15.2. The second-order valence-electron chi connectivity index (χ2n) is 7.73. The molecule has 0 radical (unpaired) electrons. The summed E-state index contributed by atoms with van der Waals surface area (Å²) in [5.41, 5.74) is 2.08. The van der Waals surface area contributed by atoms with Gasteiger partial charge in [0.2, 0.25) is 0 Å². The maximum Gasteiger partial charge on any atom is 0.0410 e. The van der Waals surface area contributed by atoms with Crippen molar-refractivity contribution in [3.63, 3.8) is 0 Å². The predicted octanol–water partition coefficient (Wildman–Crippen LogP) is 5.80. The maximum atomic E-state index is 6.08. The Hall–Kier alpha value is -0.0500. The van der Waals surface area contributed by atoms with E-state index in [9.17, 15) is 0 Å². The van der Waals surface area contributed by atoms with Gasteiger partial charge in [0.05, 0.1) is 0 Å². The zero-order chi connectivity index (χ0) is 15.0. The molecule has 1 aliphatic rings. The molecular formula is C17H25BrClN. The van der Waals surface area contributed by atoms with Crippen molar-refractivity contribution < 1.29 is 0 Å². The Morgan fingerprint density at radius 1 is 1.20 bits per heavy atom. The van der Waals surface area contributed by atoms with Gasteiger partial charge < -0.3 is 5.32 Å². The lowest BCUT2D eigenvalue weighted by Gasteiger charge is -2.45. The van der Waals surface area contributed by atoms with Gasteiger partial charge in [-0.2, -0.15) is 0 Å². The Kier molecular flexibility index (Phi) is 4.88. The minimum absolute atomic E-state index is 0.422. The van der Waals surface area contributed by atoms with Crippen molar-refractivity contribution in [2.45, 2.75) is 59.5 Å². The molecule has 0 spiro atoms. The van der Waals surface area contributed by atoms with E-state index in [1.807, 2.05) is 18.2 Å². The first-order valence-electron chi connectivity index (χ1n) is 7.34. The van der Waals surface area contributed by atoms with Gasteiger partial charge in [0, 0.05) is 22.1 Å². The quantitative estimate of drug-likeness (QED) is 0.720. The number of hydrogen-bond donors (Lipinski definition) is 1. The lowest BCUT2D eigenvalue weighted by Crippen LogP contribution is -2.43. The minimum Gasteiger partial charge on any atom is -0.310 e. The molecule has 112 valence electrons. The summed E-state index contributed by atoms with van der Waals surface area (Å²) in [6.45, 7) is 10.4. The molecule has 1 nitrogen and oxygen atoms in total. The Bertz CT molecular complexity index is 466. The van der Waals surface area contributed by atoms with Gasteiger partial charge >= 0.3 is 0 Å². The maximum absolute atomic E-state index is 6.08. The second-order valence-corrected chi connectivity index (χ2v) is 9.02. The monoisotopic (exact) mass is 357 g/mol. The second kappa shape index (κ2) is 5.98. The molecular weight excluding hydrogens is 334 g/mol. The first-order valence-corrected chi connectivity index (χ1v) is 8.51. The molecule has 3 heteroatoms. The fourth-order valence-electron chi connectivity index (χ4n) is 3.92. The molecule has 0 aliphatic heterocycles. The van der Waals surface area contributed by atoms with Crippen LogP contribution in [0.2, 0.25) is 5.02 Å². The molecule has 1 aliphatic carbocycles. The van der Waals surface area contributed by atoms with Crippen LogP contribution in [0.5, 0.6) is 0 Å². The SMILES string of the molecule is CC1(C)CC(NCc2cc(Cl)ccc2Br)CC(C)(C)C1. The van der Waals surface area contributed by atoms with Crippen LogP contribution >= 0.6 is 27.5 Å². The van der Waals surface area contributed by atoms with Crippen molar-refractivity contribution in [1.82, 2.24) is 5.32 Å². The minimum atomic E-state index is 0.422. The van der Waals surface area contributed by atoms with Crippen molar-refractivity contribution >= 4 is 27.5 Å². The predicted molar refractivity (Wildman–Crippen MR) is 91.2 cm³/mol. The molecule has 0 amide bonds. The van der Waals surface area contributed by atoms with Gasteiger partial charge in [-0.05, 0) is 53.9 Å². The van der Waals surface area contributed by atoms with E-state index in [0.29, 0.717) is 16.9 Å². The standard InChI is InChI=1S/C17H25BrClN/c1-16(2)8-14(9-17(3,4)11-16)20-10-12-7-13(19)5-6-15(12)18/h5-7,14,20H,8-11H2,1-4H3. The van der Waals surface area contributed by atoms with Crippen molar-refractivity contribution in [2.75, 3.05) is 0 Å². The van der Waals surface area contributed by atoms with Crippen molar-refractivity contribution in [2.24, 2.45) is 10.8 Å². The Labute approximate surface area is 136 Å². The number of halogens is 2. The fraction of sp³-hybridized carbons (Fsp3) is 0.647. The molecule has 2 rings (SSSR count). The van der Waals surface area contributed by atoms with E-state index in [2.05, 4.69) is 48.9 Å². The molecule has 0 atom stereocenters. The molecule has 1 saturated carbocycles. The summed E-state index contributed by atoms with van der Waals surface area (Å²) in [6.07, 6.45) is 3.79. The topological polar surface area (TPSA) is 12.0 Å². The summed E-state index contributed by atoms with van der Waals surface area (Å²) in [4.78, 5) is 0. The third kappa shape index (κ3) is 4.47. The molecule has 0 bridgehead atoms. The molecule has 0 heterocycles. The number of rotatable bonds is 3. The Morgan fingerprint density at radius 2 is 1.80 bits per heavy atom. The van der Waals surface area contributed by atoms with Crippen molar-refractivity contribution in [1.29, 1.82) is 0 Å². The molecule has 0 aromatic heterocycles. The van der Waals surface area contributed by atoms with E-state index in [4.69, 9.17) is 11.6 Å². The molecule has 1 fully saturated rings. The number of nitrogens with one attached hydrogen (secondary N) is 1. The molecule has 20 heavy (non-hydrogen) atoms. The van der Waals surface area contributed by atoms with Gasteiger partial charge in [-0.15, -0.1) is 0 Å². The van der Waals surface area contributed by atoms with Crippen LogP contribution in [0.25, 0.3) is 0 Å². The van der Waals surface area contributed by atoms with E-state index < -0.39 is 0 Å². The normalized spacial score (nSPS) is 21.9. The van der Waals surface area contributed by atoms with Gasteiger partial charge in [0.25, 0.3) is 0 Å². The molecule has 1 aromatic rings. The van der Waals surface area contributed by atoms with E-state index >= 15 is 0 Å². The van der Waals surface area contributed by atoms with Crippen LogP contribution in [0.3, 0.4) is 0 Å². The fourth-order valence-corrected chi connectivity index (χ4v) is 4.50. The van der Waals surface area contributed by atoms with E-state index in [1.54, 1.807) is 0 Å². The van der Waals surface area contributed by atoms with Crippen LogP contribution < -0.4 is 5.32 Å². The Morgan fingerprint density at radius 3 is 2.40 bits per heavy atom. The van der Waals surface area contributed by atoms with Crippen LogP contribution in [0.1, 0.15) is 52.5 Å². The summed E-state index contributed by atoms with van der Waals surface area (Å²) in [7, 11) is 0.